The van der Waals surface area contributed by atoms with Crippen LogP contribution in [-0.2, 0) is 0 Å². The molecule has 1 N–H and O–H groups in total. The standard InChI is InChI=1S/C14H17BrN4O2/c1-5-20-13-17-12(16-4)18-14(19-13)21-10-6-8(2)11(15)9(3)7-10/h6-7H,5H2,1-4H3,(H,16,17,18,19). The lowest BCUT2D eigenvalue weighted by Gasteiger charge is -2.10. The first-order chi connectivity index (χ1) is 10.0. The molecule has 1 aromatic carbocycles. The number of ether oxygens (including phenoxy) is 2. The van der Waals surface area contributed by atoms with Crippen molar-refractivity contribution in [2.75, 3.05) is 19.0 Å². The summed E-state index contributed by atoms with van der Waals surface area (Å²) in [4.78, 5) is 12.4. The summed E-state index contributed by atoms with van der Waals surface area (Å²) in [6, 6.07) is 4.26. The minimum absolute atomic E-state index is 0.193. The van der Waals surface area contributed by atoms with E-state index in [0.717, 1.165) is 15.6 Å². The Morgan fingerprint density at radius 1 is 1.10 bits per heavy atom. The van der Waals surface area contributed by atoms with Crippen molar-refractivity contribution in [3.05, 3.63) is 27.7 Å². The number of nitrogens with zero attached hydrogens (tertiary/aromatic N) is 3. The molecule has 0 spiro atoms. The van der Waals surface area contributed by atoms with Crippen molar-refractivity contribution in [1.82, 2.24) is 15.0 Å². The third-order valence-corrected chi connectivity index (χ3v) is 3.96. The zero-order chi connectivity index (χ0) is 15.4. The zero-order valence-electron chi connectivity index (χ0n) is 12.4. The summed E-state index contributed by atoms with van der Waals surface area (Å²) in [7, 11) is 1.72. The topological polar surface area (TPSA) is 69.2 Å². The van der Waals surface area contributed by atoms with Crippen LogP contribution in [0.4, 0.5) is 5.95 Å². The quantitative estimate of drug-likeness (QED) is 0.888. The average Bonchev–Trinajstić information content (AvgIpc) is 2.44. The fourth-order valence-corrected chi connectivity index (χ4v) is 1.99. The van der Waals surface area contributed by atoms with Crippen LogP contribution in [0.3, 0.4) is 0 Å². The molecule has 0 aliphatic rings. The Balaban J connectivity index is 2.32. The fourth-order valence-electron chi connectivity index (χ4n) is 1.76. The highest BCUT2D eigenvalue weighted by Gasteiger charge is 2.10. The second-order valence-electron chi connectivity index (χ2n) is 4.38. The van der Waals surface area contributed by atoms with Crippen LogP contribution in [0.15, 0.2) is 16.6 Å². The highest BCUT2D eigenvalue weighted by Crippen LogP contribution is 2.28. The summed E-state index contributed by atoms with van der Waals surface area (Å²) in [5.74, 6) is 1.07. The van der Waals surface area contributed by atoms with Gasteiger partial charge in [-0.1, -0.05) is 15.9 Å². The van der Waals surface area contributed by atoms with E-state index in [0.29, 0.717) is 18.3 Å². The van der Waals surface area contributed by atoms with E-state index < -0.39 is 0 Å². The van der Waals surface area contributed by atoms with Crippen LogP contribution in [0.2, 0.25) is 0 Å². The largest absolute Gasteiger partial charge is 0.464 e. The van der Waals surface area contributed by atoms with Crippen molar-refractivity contribution in [1.29, 1.82) is 0 Å². The number of aryl methyl sites for hydroxylation is 2. The number of aromatic nitrogens is 3. The lowest BCUT2D eigenvalue weighted by molar-refractivity contribution is 0.304. The molecular weight excluding hydrogens is 336 g/mol. The lowest BCUT2D eigenvalue weighted by atomic mass is 10.1. The second kappa shape index (κ2) is 6.71. The molecule has 0 radical (unpaired) electrons. The molecule has 1 heterocycles. The minimum atomic E-state index is 0.193. The molecule has 0 aliphatic heterocycles. The van der Waals surface area contributed by atoms with E-state index in [1.165, 1.54) is 0 Å². The predicted molar refractivity (Wildman–Crippen MR) is 84.2 cm³/mol. The number of anilines is 1. The maximum Gasteiger partial charge on any atom is 0.330 e. The van der Waals surface area contributed by atoms with Gasteiger partial charge >= 0.3 is 12.0 Å². The second-order valence-corrected chi connectivity index (χ2v) is 5.17. The van der Waals surface area contributed by atoms with Gasteiger partial charge in [-0.15, -0.1) is 4.98 Å². The summed E-state index contributed by atoms with van der Waals surface area (Å²) < 4.78 is 12.1. The molecule has 0 unspecified atom stereocenters. The van der Waals surface area contributed by atoms with Crippen LogP contribution in [0.5, 0.6) is 17.8 Å². The van der Waals surface area contributed by atoms with Gasteiger partial charge in [-0.05, 0) is 44.0 Å². The molecule has 6 nitrogen and oxygen atoms in total. The van der Waals surface area contributed by atoms with Crippen molar-refractivity contribution in [3.63, 3.8) is 0 Å². The van der Waals surface area contributed by atoms with Gasteiger partial charge in [0.2, 0.25) is 5.95 Å². The van der Waals surface area contributed by atoms with Crippen LogP contribution in [0.1, 0.15) is 18.1 Å². The average molecular weight is 353 g/mol. The van der Waals surface area contributed by atoms with Gasteiger partial charge in [-0.25, -0.2) is 0 Å². The zero-order valence-corrected chi connectivity index (χ0v) is 14.0. The van der Waals surface area contributed by atoms with Gasteiger partial charge in [-0.3, -0.25) is 0 Å². The Morgan fingerprint density at radius 3 is 2.29 bits per heavy atom. The third-order valence-electron chi connectivity index (χ3n) is 2.71. The Morgan fingerprint density at radius 2 is 1.71 bits per heavy atom. The fraction of sp³-hybridized carbons (Fsp3) is 0.357. The molecule has 0 saturated carbocycles. The highest BCUT2D eigenvalue weighted by atomic mass is 79.9. The normalized spacial score (nSPS) is 10.3. The van der Waals surface area contributed by atoms with E-state index in [9.17, 15) is 0 Å². The summed E-state index contributed by atoms with van der Waals surface area (Å²) in [5, 5.41) is 2.85. The van der Waals surface area contributed by atoms with Crippen LogP contribution >= 0.6 is 15.9 Å². The molecule has 0 amide bonds. The van der Waals surface area contributed by atoms with Gasteiger partial charge in [-0.2, -0.15) is 9.97 Å². The molecule has 0 fully saturated rings. The number of rotatable bonds is 5. The first-order valence-electron chi connectivity index (χ1n) is 6.54. The van der Waals surface area contributed by atoms with Gasteiger partial charge < -0.3 is 14.8 Å². The van der Waals surface area contributed by atoms with E-state index in [1.54, 1.807) is 7.05 Å². The summed E-state index contributed by atoms with van der Waals surface area (Å²) in [6.07, 6.45) is 0. The van der Waals surface area contributed by atoms with Crippen LogP contribution in [-0.4, -0.2) is 28.6 Å². The van der Waals surface area contributed by atoms with Crippen molar-refractivity contribution in [2.45, 2.75) is 20.8 Å². The molecule has 21 heavy (non-hydrogen) atoms. The predicted octanol–water partition coefficient (Wildman–Crippen LogP) is 3.48. The third kappa shape index (κ3) is 3.81. The van der Waals surface area contributed by atoms with Gasteiger partial charge in [0.15, 0.2) is 0 Å². The Labute approximate surface area is 132 Å². The number of nitrogens with one attached hydrogen (secondary N) is 1. The molecule has 0 saturated heterocycles. The molecule has 0 bridgehead atoms. The maximum atomic E-state index is 5.72. The molecule has 0 atom stereocenters. The van der Waals surface area contributed by atoms with Gasteiger partial charge in [0.05, 0.1) is 6.61 Å². The van der Waals surface area contributed by atoms with Crippen LogP contribution in [0.25, 0.3) is 0 Å². The van der Waals surface area contributed by atoms with Gasteiger partial charge in [0.25, 0.3) is 0 Å². The van der Waals surface area contributed by atoms with E-state index in [-0.39, 0.29) is 12.0 Å². The SMILES string of the molecule is CCOc1nc(NC)nc(Oc2cc(C)c(Br)c(C)c2)n1. The van der Waals surface area contributed by atoms with E-state index >= 15 is 0 Å². The molecule has 2 aromatic rings. The van der Waals surface area contributed by atoms with Crippen LogP contribution < -0.4 is 14.8 Å². The molecule has 7 heteroatoms. The first-order valence-corrected chi connectivity index (χ1v) is 7.34. The number of hydrogen-bond acceptors (Lipinski definition) is 6. The summed E-state index contributed by atoms with van der Waals surface area (Å²) >= 11 is 3.53. The van der Waals surface area contributed by atoms with Crippen molar-refractivity contribution < 1.29 is 9.47 Å². The number of hydrogen-bond donors (Lipinski definition) is 1. The van der Waals surface area contributed by atoms with E-state index in [2.05, 4.69) is 36.2 Å². The lowest BCUT2D eigenvalue weighted by Crippen LogP contribution is -2.05. The smallest absolute Gasteiger partial charge is 0.330 e. The number of halogens is 1. The maximum absolute atomic E-state index is 5.72. The highest BCUT2D eigenvalue weighted by molar-refractivity contribution is 9.10. The molecular formula is C14H17BrN4O2. The van der Waals surface area contributed by atoms with E-state index in [1.807, 2.05) is 32.9 Å². The van der Waals surface area contributed by atoms with Gasteiger partial charge in [0, 0.05) is 11.5 Å². The monoisotopic (exact) mass is 352 g/mol. The van der Waals surface area contributed by atoms with Crippen molar-refractivity contribution in [2.24, 2.45) is 0 Å². The van der Waals surface area contributed by atoms with Crippen molar-refractivity contribution in [3.8, 4) is 17.8 Å². The molecule has 0 aliphatic carbocycles. The molecule has 2 rings (SSSR count). The van der Waals surface area contributed by atoms with Crippen molar-refractivity contribution >= 4 is 21.9 Å². The Bertz CT molecular complexity index is 626. The number of benzene rings is 1. The van der Waals surface area contributed by atoms with E-state index in [4.69, 9.17) is 9.47 Å². The minimum Gasteiger partial charge on any atom is -0.464 e. The van der Waals surface area contributed by atoms with Gasteiger partial charge in [0.1, 0.15) is 5.75 Å². The first kappa shape index (κ1) is 15.5. The Hall–Kier alpha value is -1.89. The van der Waals surface area contributed by atoms with Crippen LogP contribution in [0, 0.1) is 13.8 Å². The molecule has 1 aromatic heterocycles. The summed E-state index contributed by atoms with van der Waals surface area (Å²) in [6.45, 7) is 6.35. The molecule has 112 valence electrons. The Kier molecular flexibility index (Phi) is 4.95. The summed E-state index contributed by atoms with van der Waals surface area (Å²) in [5.41, 5.74) is 2.16.